The van der Waals surface area contributed by atoms with E-state index in [9.17, 15) is 14.4 Å². The second kappa shape index (κ2) is 5.81. The molecule has 1 unspecified atom stereocenters. The average Bonchev–Trinajstić information content (AvgIpc) is 2.85. The Labute approximate surface area is 130 Å². The number of imide groups is 1. The number of urea groups is 1. The minimum Gasteiger partial charge on any atom is -0.341 e. The fourth-order valence-corrected chi connectivity index (χ4v) is 2.60. The molecule has 7 nitrogen and oxygen atoms in total. The van der Waals surface area contributed by atoms with E-state index in [0.29, 0.717) is 19.6 Å². The SMILES string of the molecule is CC1(CN)CCN(C(=O)CN2C(=O)NC(C)(C)C2=O)C1.Cl. The smallest absolute Gasteiger partial charge is 0.325 e. The van der Waals surface area contributed by atoms with Gasteiger partial charge in [0, 0.05) is 13.1 Å². The molecule has 2 heterocycles. The van der Waals surface area contributed by atoms with Crippen molar-refractivity contribution < 1.29 is 14.4 Å². The van der Waals surface area contributed by atoms with Crippen molar-refractivity contribution in [3.8, 4) is 0 Å². The lowest BCUT2D eigenvalue weighted by Crippen LogP contribution is -2.44. The average molecular weight is 319 g/mol. The van der Waals surface area contributed by atoms with Crippen LogP contribution in [0.1, 0.15) is 27.2 Å². The quantitative estimate of drug-likeness (QED) is 0.712. The second-order valence-corrected chi connectivity index (χ2v) is 6.53. The zero-order valence-electron chi connectivity index (χ0n) is 12.6. The number of hydrogen-bond acceptors (Lipinski definition) is 4. The molecule has 0 aromatic heterocycles. The molecule has 2 saturated heterocycles. The molecule has 2 aliphatic heterocycles. The fraction of sp³-hybridized carbons (Fsp3) is 0.769. The van der Waals surface area contributed by atoms with Crippen LogP contribution in [-0.4, -0.2) is 59.4 Å². The first-order valence-corrected chi connectivity index (χ1v) is 6.80. The molecule has 0 aliphatic carbocycles. The van der Waals surface area contributed by atoms with Gasteiger partial charge in [-0.15, -0.1) is 12.4 Å². The molecule has 2 fully saturated rings. The van der Waals surface area contributed by atoms with Crippen LogP contribution in [0, 0.1) is 5.41 Å². The van der Waals surface area contributed by atoms with Crippen molar-refractivity contribution in [1.29, 1.82) is 0 Å². The largest absolute Gasteiger partial charge is 0.341 e. The number of nitrogens with two attached hydrogens (primary N) is 1. The first-order chi connectivity index (χ1) is 9.18. The van der Waals surface area contributed by atoms with Gasteiger partial charge >= 0.3 is 6.03 Å². The van der Waals surface area contributed by atoms with Gasteiger partial charge in [0.05, 0.1) is 0 Å². The molecule has 3 N–H and O–H groups in total. The van der Waals surface area contributed by atoms with Gasteiger partial charge in [-0.3, -0.25) is 14.5 Å². The highest BCUT2D eigenvalue weighted by atomic mass is 35.5. The Bertz CT molecular complexity index is 468. The van der Waals surface area contributed by atoms with Crippen LogP contribution in [0.5, 0.6) is 0 Å². The van der Waals surface area contributed by atoms with Gasteiger partial charge in [-0.05, 0) is 32.2 Å². The molecule has 0 saturated carbocycles. The van der Waals surface area contributed by atoms with Gasteiger partial charge in [-0.1, -0.05) is 6.92 Å². The highest BCUT2D eigenvalue weighted by Crippen LogP contribution is 2.28. The molecule has 120 valence electrons. The molecular formula is C13H23ClN4O3. The minimum absolute atomic E-state index is 0. The third-order valence-electron chi connectivity index (χ3n) is 4.14. The maximum Gasteiger partial charge on any atom is 0.325 e. The molecule has 2 aliphatic rings. The lowest BCUT2D eigenvalue weighted by molar-refractivity contribution is -0.138. The van der Waals surface area contributed by atoms with E-state index in [2.05, 4.69) is 5.32 Å². The summed E-state index contributed by atoms with van der Waals surface area (Å²) in [6, 6.07) is -0.505. The number of rotatable bonds is 3. The van der Waals surface area contributed by atoms with Crippen LogP contribution in [0.15, 0.2) is 0 Å². The summed E-state index contributed by atoms with van der Waals surface area (Å²) < 4.78 is 0. The Morgan fingerprint density at radius 1 is 1.33 bits per heavy atom. The normalized spacial score (nSPS) is 27.6. The van der Waals surface area contributed by atoms with E-state index in [-0.39, 0.29) is 36.2 Å². The molecule has 1 atom stereocenters. The molecule has 2 rings (SSSR count). The molecule has 0 bridgehead atoms. The van der Waals surface area contributed by atoms with Gasteiger partial charge in [0.15, 0.2) is 0 Å². The van der Waals surface area contributed by atoms with Crippen molar-refractivity contribution in [3.05, 3.63) is 0 Å². The maximum atomic E-state index is 12.2. The standard InChI is InChI=1S/C13H22N4O3.ClH/c1-12(2)10(19)17(11(20)15-12)6-9(18)16-5-4-13(3,7-14)8-16;/h4-8,14H2,1-3H3,(H,15,20);1H. The van der Waals surface area contributed by atoms with Gasteiger partial charge in [-0.25, -0.2) is 4.79 Å². The van der Waals surface area contributed by atoms with Crippen LogP contribution in [0.3, 0.4) is 0 Å². The molecule has 0 aromatic rings. The third kappa shape index (κ3) is 3.29. The fourth-order valence-electron chi connectivity index (χ4n) is 2.60. The van der Waals surface area contributed by atoms with E-state index in [1.807, 2.05) is 6.92 Å². The van der Waals surface area contributed by atoms with E-state index < -0.39 is 11.6 Å². The lowest BCUT2D eigenvalue weighted by Gasteiger charge is -2.24. The van der Waals surface area contributed by atoms with Gasteiger partial charge in [0.25, 0.3) is 5.91 Å². The minimum atomic E-state index is -0.936. The first kappa shape index (κ1) is 17.7. The predicted octanol–water partition coefficient (Wildman–Crippen LogP) is -0.0641. The van der Waals surface area contributed by atoms with Crippen LogP contribution in [-0.2, 0) is 9.59 Å². The van der Waals surface area contributed by atoms with Gasteiger partial charge in [-0.2, -0.15) is 0 Å². The van der Waals surface area contributed by atoms with E-state index in [0.717, 1.165) is 11.3 Å². The summed E-state index contributed by atoms with van der Waals surface area (Å²) in [5.74, 6) is -0.569. The molecule has 8 heteroatoms. The Morgan fingerprint density at radius 3 is 2.38 bits per heavy atom. The Hall–Kier alpha value is -1.34. The number of carbonyl (C=O) groups is 3. The van der Waals surface area contributed by atoms with E-state index in [1.54, 1.807) is 18.7 Å². The van der Waals surface area contributed by atoms with E-state index in [4.69, 9.17) is 5.73 Å². The highest BCUT2D eigenvalue weighted by molar-refractivity contribution is 6.08. The van der Waals surface area contributed by atoms with Crippen molar-refractivity contribution in [2.75, 3.05) is 26.2 Å². The number of hydrogen-bond donors (Lipinski definition) is 2. The van der Waals surface area contributed by atoms with Crippen molar-refractivity contribution in [2.45, 2.75) is 32.7 Å². The molecule has 0 spiro atoms. The van der Waals surface area contributed by atoms with Crippen molar-refractivity contribution in [2.24, 2.45) is 11.1 Å². The Kier molecular flexibility index (Phi) is 4.90. The summed E-state index contributed by atoms with van der Waals surface area (Å²) in [5, 5.41) is 2.56. The van der Waals surface area contributed by atoms with E-state index in [1.165, 1.54) is 0 Å². The molecule has 21 heavy (non-hydrogen) atoms. The van der Waals surface area contributed by atoms with Crippen LogP contribution >= 0.6 is 12.4 Å². The number of likely N-dealkylation sites (tertiary alicyclic amines) is 1. The number of carbonyl (C=O) groups excluding carboxylic acids is 3. The van der Waals surface area contributed by atoms with Crippen LogP contribution < -0.4 is 11.1 Å². The second-order valence-electron chi connectivity index (χ2n) is 6.53. The van der Waals surface area contributed by atoms with Crippen LogP contribution in [0.4, 0.5) is 4.79 Å². The van der Waals surface area contributed by atoms with Gasteiger partial charge < -0.3 is 16.0 Å². The summed E-state index contributed by atoms with van der Waals surface area (Å²) in [6.07, 6.45) is 0.848. The number of nitrogens with zero attached hydrogens (tertiary/aromatic N) is 2. The molecule has 4 amide bonds. The molecule has 0 radical (unpaired) electrons. The number of amides is 4. The summed E-state index contributed by atoms with van der Waals surface area (Å²) in [7, 11) is 0. The number of nitrogens with one attached hydrogen (secondary N) is 1. The monoisotopic (exact) mass is 318 g/mol. The van der Waals surface area contributed by atoms with Crippen molar-refractivity contribution in [3.63, 3.8) is 0 Å². The van der Waals surface area contributed by atoms with Crippen LogP contribution in [0.2, 0.25) is 0 Å². The number of halogens is 1. The summed E-state index contributed by atoms with van der Waals surface area (Å²) in [6.45, 7) is 6.81. The van der Waals surface area contributed by atoms with Crippen LogP contribution in [0.25, 0.3) is 0 Å². The topological polar surface area (TPSA) is 95.7 Å². The third-order valence-corrected chi connectivity index (χ3v) is 4.14. The highest BCUT2D eigenvalue weighted by Gasteiger charge is 2.46. The van der Waals surface area contributed by atoms with Crippen molar-refractivity contribution >= 4 is 30.3 Å². The zero-order valence-corrected chi connectivity index (χ0v) is 13.5. The van der Waals surface area contributed by atoms with Gasteiger partial charge in [0.2, 0.25) is 5.91 Å². The first-order valence-electron chi connectivity index (χ1n) is 6.80. The Morgan fingerprint density at radius 2 is 1.95 bits per heavy atom. The molecule has 0 aromatic carbocycles. The Balaban J connectivity index is 0.00000220. The summed E-state index contributed by atoms with van der Waals surface area (Å²) >= 11 is 0. The van der Waals surface area contributed by atoms with Crippen molar-refractivity contribution in [1.82, 2.24) is 15.1 Å². The predicted molar refractivity (Wildman–Crippen MR) is 79.9 cm³/mol. The molecular weight excluding hydrogens is 296 g/mol. The summed E-state index contributed by atoms with van der Waals surface area (Å²) in [4.78, 5) is 38.6. The zero-order chi connectivity index (χ0) is 15.1. The van der Waals surface area contributed by atoms with E-state index >= 15 is 0 Å². The lowest BCUT2D eigenvalue weighted by atomic mass is 9.90. The van der Waals surface area contributed by atoms with Gasteiger partial charge in [0.1, 0.15) is 12.1 Å². The summed E-state index contributed by atoms with van der Waals surface area (Å²) in [5.41, 5.74) is 4.71. The maximum absolute atomic E-state index is 12.2.